The van der Waals surface area contributed by atoms with Crippen molar-refractivity contribution in [3.63, 3.8) is 0 Å². The van der Waals surface area contributed by atoms with E-state index in [1.807, 2.05) is 61.5 Å². The minimum Gasteiger partial charge on any atom is -0.457 e. The molecule has 11 heteroatoms. The SMILES string of the molecule is CCCCS(=O)(=O)N1CCN(CCN2CCN(Cc3cccc(Oc4ccccc4)c3)S2(=O)=O)CC1. The zero-order chi connectivity index (χ0) is 25.6. The molecule has 0 unspecified atom stereocenters. The lowest BCUT2D eigenvalue weighted by atomic mass is 10.2. The van der Waals surface area contributed by atoms with E-state index >= 15 is 0 Å². The van der Waals surface area contributed by atoms with Crippen molar-refractivity contribution in [2.24, 2.45) is 0 Å². The van der Waals surface area contributed by atoms with Crippen molar-refractivity contribution in [3.05, 3.63) is 60.2 Å². The first-order valence-electron chi connectivity index (χ1n) is 12.6. The molecule has 2 fully saturated rings. The third-order valence-corrected chi connectivity index (χ3v) is 10.6. The zero-order valence-corrected chi connectivity index (χ0v) is 22.5. The van der Waals surface area contributed by atoms with Gasteiger partial charge in [-0.2, -0.15) is 21.3 Å². The summed E-state index contributed by atoms with van der Waals surface area (Å²) >= 11 is 0. The monoisotopic (exact) mass is 536 g/mol. The van der Waals surface area contributed by atoms with E-state index in [0.717, 1.165) is 17.7 Å². The van der Waals surface area contributed by atoms with E-state index in [2.05, 4.69) is 4.90 Å². The van der Waals surface area contributed by atoms with Gasteiger partial charge < -0.3 is 4.74 Å². The van der Waals surface area contributed by atoms with Crippen molar-refractivity contribution in [1.29, 1.82) is 0 Å². The number of unbranched alkanes of at least 4 members (excludes halogenated alkanes) is 1. The summed E-state index contributed by atoms with van der Waals surface area (Å²) in [7, 11) is -6.74. The van der Waals surface area contributed by atoms with Gasteiger partial charge in [-0.05, 0) is 36.2 Å². The van der Waals surface area contributed by atoms with E-state index in [0.29, 0.717) is 71.1 Å². The number of nitrogens with zero attached hydrogens (tertiary/aromatic N) is 4. The summed E-state index contributed by atoms with van der Waals surface area (Å²) in [4.78, 5) is 2.15. The normalized spacial score (nSPS) is 20.0. The van der Waals surface area contributed by atoms with E-state index in [4.69, 9.17) is 4.74 Å². The molecule has 2 aliphatic heterocycles. The number of hydrogen-bond donors (Lipinski definition) is 0. The van der Waals surface area contributed by atoms with Gasteiger partial charge in [-0.1, -0.05) is 43.7 Å². The fourth-order valence-corrected chi connectivity index (χ4v) is 7.69. The highest BCUT2D eigenvalue weighted by Crippen LogP contribution is 2.25. The van der Waals surface area contributed by atoms with Crippen LogP contribution in [0.25, 0.3) is 0 Å². The third kappa shape index (κ3) is 6.84. The molecule has 0 saturated carbocycles. The molecule has 0 radical (unpaired) electrons. The molecule has 0 aromatic heterocycles. The highest BCUT2D eigenvalue weighted by Gasteiger charge is 2.36. The Bertz CT molecular complexity index is 1200. The van der Waals surface area contributed by atoms with Crippen LogP contribution in [0.5, 0.6) is 11.5 Å². The molecule has 0 spiro atoms. The largest absolute Gasteiger partial charge is 0.457 e. The summed E-state index contributed by atoms with van der Waals surface area (Å²) in [5.41, 5.74) is 0.870. The molecule has 2 aromatic carbocycles. The van der Waals surface area contributed by atoms with Crippen molar-refractivity contribution >= 4 is 20.2 Å². The molecule has 0 bridgehead atoms. The van der Waals surface area contributed by atoms with E-state index in [9.17, 15) is 16.8 Å². The predicted molar refractivity (Wildman–Crippen MR) is 141 cm³/mol. The van der Waals surface area contributed by atoms with Crippen molar-refractivity contribution < 1.29 is 21.6 Å². The summed E-state index contributed by atoms with van der Waals surface area (Å²) < 4.78 is 61.6. The van der Waals surface area contributed by atoms with Crippen molar-refractivity contribution in [2.75, 3.05) is 58.1 Å². The maximum atomic E-state index is 13.1. The maximum Gasteiger partial charge on any atom is 0.282 e. The van der Waals surface area contributed by atoms with Crippen molar-refractivity contribution in [1.82, 2.24) is 17.8 Å². The molecule has 0 amide bonds. The standard InChI is InChI=1S/C25H36N4O5S2/c1-2-3-20-35(30,31)27-15-12-26(13-16-27)14-17-28-18-19-29(36(28,32)33)22-23-8-7-11-25(21-23)34-24-9-5-4-6-10-24/h4-11,21H,2-3,12-20,22H2,1H3. The van der Waals surface area contributed by atoms with Gasteiger partial charge in [0, 0.05) is 58.9 Å². The number of rotatable bonds is 11. The number of ether oxygens (including phenoxy) is 1. The molecule has 36 heavy (non-hydrogen) atoms. The second-order valence-electron chi connectivity index (χ2n) is 9.21. The Morgan fingerprint density at radius 1 is 0.833 bits per heavy atom. The van der Waals surface area contributed by atoms with Crippen LogP contribution in [0.4, 0.5) is 0 Å². The van der Waals surface area contributed by atoms with E-state index in [1.54, 1.807) is 4.31 Å². The van der Waals surface area contributed by atoms with Crippen LogP contribution in [0, 0.1) is 0 Å². The van der Waals surface area contributed by atoms with Gasteiger partial charge in [-0.25, -0.2) is 8.42 Å². The van der Waals surface area contributed by atoms with E-state index < -0.39 is 20.2 Å². The summed E-state index contributed by atoms with van der Waals surface area (Å²) in [5.74, 6) is 1.60. The van der Waals surface area contributed by atoms with Crippen LogP contribution in [-0.2, 0) is 26.8 Å². The van der Waals surface area contributed by atoms with Gasteiger partial charge in [0.25, 0.3) is 10.2 Å². The first-order chi connectivity index (χ1) is 17.3. The lowest BCUT2D eigenvalue weighted by Crippen LogP contribution is -2.50. The molecule has 2 saturated heterocycles. The van der Waals surface area contributed by atoms with Crippen LogP contribution in [0.2, 0.25) is 0 Å². The number of para-hydroxylation sites is 1. The Balaban J connectivity index is 1.27. The fraction of sp³-hybridized carbons (Fsp3) is 0.520. The van der Waals surface area contributed by atoms with Crippen LogP contribution in [-0.4, -0.2) is 92.8 Å². The molecular formula is C25H36N4O5S2. The van der Waals surface area contributed by atoms with E-state index in [-0.39, 0.29) is 5.75 Å². The molecule has 2 heterocycles. The Morgan fingerprint density at radius 2 is 1.53 bits per heavy atom. The molecule has 0 atom stereocenters. The van der Waals surface area contributed by atoms with Gasteiger partial charge in [0.05, 0.1) is 5.75 Å². The summed E-state index contributed by atoms with van der Waals surface area (Å²) in [6.45, 7) is 6.34. The minimum atomic E-state index is -3.55. The summed E-state index contributed by atoms with van der Waals surface area (Å²) in [6, 6.07) is 17.0. The van der Waals surface area contributed by atoms with Gasteiger partial charge in [0.1, 0.15) is 11.5 Å². The highest BCUT2D eigenvalue weighted by atomic mass is 32.2. The fourth-order valence-electron chi connectivity index (χ4n) is 4.48. The molecule has 2 aliphatic rings. The van der Waals surface area contributed by atoms with Crippen LogP contribution in [0.3, 0.4) is 0 Å². The van der Waals surface area contributed by atoms with Gasteiger partial charge in [-0.3, -0.25) is 4.90 Å². The first-order valence-corrected chi connectivity index (χ1v) is 15.6. The average molecular weight is 537 g/mol. The maximum absolute atomic E-state index is 13.1. The van der Waals surface area contributed by atoms with Gasteiger partial charge in [0.15, 0.2) is 0 Å². The quantitative estimate of drug-likeness (QED) is 0.439. The van der Waals surface area contributed by atoms with Crippen LogP contribution in [0.15, 0.2) is 54.6 Å². The third-order valence-electron chi connectivity index (χ3n) is 6.63. The topological polar surface area (TPSA) is 90.5 Å². The van der Waals surface area contributed by atoms with Crippen LogP contribution < -0.4 is 4.74 Å². The summed E-state index contributed by atoms with van der Waals surface area (Å²) in [6.07, 6.45) is 1.53. The molecule has 4 rings (SSSR count). The van der Waals surface area contributed by atoms with Crippen molar-refractivity contribution in [3.8, 4) is 11.5 Å². The van der Waals surface area contributed by atoms with Crippen molar-refractivity contribution in [2.45, 2.75) is 26.3 Å². The molecule has 0 aliphatic carbocycles. The van der Waals surface area contributed by atoms with Crippen LogP contribution in [0.1, 0.15) is 25.3 Å². The minimum absolute atomic E-state index is 0.201. The second kappa shape index (κ2) is 12.0. The molecular weight excluding hydrogens is 500 g/mol. The number of hydrogen-bond acceptors (Lipinski definition) is 6. The van der Waals surface area contributed by atoms with Gasteiger partial charge >= 0.3 is 0 Å². The lowest BCUT2D eigenvalue weighted by Gasteiger charge is -2.34. The Hall–Kier alpha value is -2.02. The Morgan fingerprint density at radius 3 is 2.25 bits per heavy atom. The molecule has 9 nitrogen and oxygen atoms in total. The second-order valence-corrected chi connectivity index (χ2v) is 13.2. The zero-order valence-electron chi connectivity index (χ0n) is 20.8. The smallest absolute Gasteiger partial charge is 0.282 e. The average Bonchev–Trinajstić information content (AvgIpc) is 3.15. The number of sulfonamides is 1. The Labute approximate surface area is 215 Å². The Kier molecular flexibility index (Phi) is 9.02. The van der Waals surface area contributed by atoms with Gasteiger partial charge in [0.2, 0.25) is 10.0 Å². The van der Waals surface area contributed by atoms with E-state index in [1.165, 1.54) is 8.61 Å². The first kappa shape index (κ1) is 27.0. The number of piperazine rings is 1. The highest BCUT2D eigenvalue weighted by molar-refractivity contribution is 7.89. The predicted octanol–water partition coefficient (Wildman–Crippen LogP) is 2.59. The number of benzene rings is 2. The molecule has 2 aromatic rings. The lowest BCUT2D eigenvalue weighted by molar-refractivity contribution is 0.180. The van der Waals surface area contributed by atoms with Crippen LogP contribution >= 0.6 is 0 Å². The summed E-state index contributed by atoms with van der Waals surface area (Å²) in [5, 5.41) is 0. The molecule has 0 N–H and O–H groups in total. The van der Waals surface area contributed by atoms with Gasteiger partial charge in [-0.15, -0.1) is 0 Å². The molecule has 198 valence electrons.